The van der Waals surface area contributed by atoms with Crippen LogP contribution in [-0.4, -0.2) is 57.6 Å². The third kappa shape index (κ3) is 7.26. The van der Waals surface area contributed by atoms with Crippen LogP contribution in [0.1, 0.15) is 80.7 Å². The van der Waals surface area contributed by atoms with Crippen LogP contribution in [0, 0.1) is 5.92 Å². The Hall–Kier alpha value is -4.67. The van der Waals surface area contributed by atoms with Crippen LogP contribution in [-0.2, 0) is 28.2 Å². The van der Waals surface area contributed by atoms with Crippen molar-refractivity contribution in [1.82, 2.24) is 9.80 Å². The number of fused-ring (bicyclic) bond motifs is 1. The van der Waals surface area contributed by atoms with E-state index in [1.54, 1.807) is 24.3 Å². The van der Waals surface area contributed by atoms with Crippen LogP contribution in [0.3, 0.4) is 0 Å². The van der Waals surface area contributed by atoms with Crippen LogP contribution in [0.2, 0.25) is 5.02 Å². The van der Waals surface area contributed by atoms with Gasteiger partial charge >= 0.3 is 0 Å². The number of aliphatic hydroxyl groups is 2. The molecular formula is C45H43ClN2O6. The summed E-state index contributed by atoms with van der Waals surface area (Å²) in [5, 5.41) is 21.8. The minimum Gasteiger partial charge on any atom is -0.392 e. The SMILES string of the molecule is C[C@H]1[C@@H](CN2CCC(O)(c3ccc(Cl)cc3)CC2)O[C@@H](c2ccc(-c3cccc(CN4C(=O)c5ccccc5C4=O)c3)cc2)O[C@H]1c1ccc(CO)cc1. The Morgan fingerprint density at radius 2 is 1.39 bits per heavy atom. The normalized spacial score (nSPS) is 22.7. The molecule has 0 spiro atoms. The van der Waals surface area contributed by atoms with Gasteiger partial charge in [-0.2, -0.15) is 0 Å². The van der Waals surface area contributed by atoms with Gasteiger partial charge in [-0.25, -0.2) is 0 Å². The highest BCUT2D eigenvalue weighted by atomic mass is 35.5. The number of hydrogen-bond acceptors (Lipinski definition) is 7. The molecule has 2 fully saturated rings. The van der Waals surface area contributed by atoms with Gasteiger partial charge in [-0.15, -0.1) is 0 Å². The van der Waals surface area contributed by atoms with E-state index in [1.165, 1.54) is 4.90 Å². The molecule has 2 N–H and O–H groups in total. The quantitative estimate of drug-likeness (QED) is 0.147. The third-order valence-corrected chi connectivity index (χ3v) is 11.5. The number of piperidine rings is 1. The molecule has 3 heterocycles. The number of ether oxygens (including phenoxy) is 2. The molecule has 5 aromatic carbocycles. The molecule has 54 heavy (non-hydrogen) atoms. The van der Waals surface area contributed by atoms with Gasteiger partial charge in [-0.05, 0) is 76.6 Å². The molecule has 4 atom stereocenters. The summed E-state index contributed by atoms with van der Waals surface area (Å²) in [6, 6.07) is 38.4. The lowest BCUT2D eigenvalue weighted by atomic mass is 9.84. The molecule has 2 saturated heterocycles. The largest absolute Gasteiger partial charge is 0.392 e. The maximum absolute atomic E-state index is 13.0. The van der Waals surface area contributed by atoms with Gasteiger partial charge in [-0.3, -0.25) is 14.5 Å². The van der Waals surface area contributed by atoms with Gasteiger partial charge in [0.2, 0.25) is 0 Å². The number of aliphatic hydroxyl groups excluding tert-OH is 1. The molecule has 0 saturated carbocycles. The van der Waals surface area contributed by atoms with E-state index in [0.29, 0.717) is 35.5 Å². The van der Waals surface area contributed by atoms with Crippen molar-refractivity contribution in [2.45, 2.75) is 57.0 Å². The first-order valence-corrected chi connectivity index (χ1v) is 18.9. The van der Waals surface area contributed by atoms with E-state index in [1.807, 2.05) is 97.1 Å². The molecule has 0 radical (unpaired) electrons. The highest BCUT2D eigenvalue weighted by Gasteiger charge is 2.41. The number of benzene rings is 5. The maximum Gasteiger partial charge on any atom is 0.261 e. The number of halogens is 1. The van der Waals surface area contributed by atoms with Crippen LogP contribution < -0.4 is 0 Å². The molecule has 5 aromatic rings. The van der Waals surface area contributed by atoms with Gasteiger partial charge in [-0.1, -0.05) is 110 Å². The van der Waals surface area contributed by atoms with E-state index >= 15 is 0 Å². The summed E-state index contributed by atoms with van der Waals surface area (Å²) in [5.41, 5.74) is 6.48. The summed E-state index contributed by atoms with van der Waals surface area (Å²) >= 11 is 6.11. The minimum atomic E-state index is -0.890. The molecule has 3 aliphatic heterocycles. The molecule has 0 unspecified atom stereocenters. The van der Waals surface area contributed by atoms with Gasteiger partial charge < -0.3 is 24.6 Å². The first kappa shape index (κ1) is 36.3. The second-order valence-corrected chi connectivity index (χ2v) is 15.2. The number of carbonyl (C=O) groups excluding carboxylic acids is 2. The Labute approximate surface area is 320 Å². The lowest BCUT2D eigenvalue weighted by Crippen LogP contribution is -2.49. The predicted molar refractivity (Wildman–Crippen MR) is 207 cm³/mol. The van der Waals surface area contributed by atoms with Crippen LogP contribution in [0.15, 0.2) is 121 Å². The van der Waals surface area contributed by atoms with Gasteiger partial charge in [0.25, 0.3) is 11.8 Å². The number of hydrogen-bond donors (Lipinski definition) is 2. The number of imide groups is 1. The van der Waals surface area contributed by atoms with Crippen LogP contribution in [0.5, 0.6) is 0 Å². The molecule has 276 valence electrons. The zero-order valence-electron chi connectivity index (χ0n) is 30.1. The van der Waals surface area contributed by atoms with Crippen molar-refractivity contribution in [3.8, 4) is 11.1 Å². The molecule has 9 heteroatoms. The zero-order valence-corrected chi connectivity index (χ0v) is 30.9. The molecule has 0 aliphatic carbocycles. The second-order valence-electron chi connectivity index (χ2n) is 14.7. The smallest absolute Gasteiger partial charge is 0.261 e. The molecule has 0 bridgehead atoms. The Kier molecular flexibility index (Phi) is 10.2. The van der Waals surface area contributed by atoms with Crippen molar-refractivity contribution in [3.05, 3.63) is 165 Å². The topological polar surface area (TPSA) is 99.5 Å². The van der Waals surface area contributed by atoms with Crippen molar-refractivity contribution in [3.63, 3.8) is 0 Å². The summed E-state index contributed by atoms with van der Waals surface area (Å²) in [6.07, 6.45) is 0.228. The van der Waals surface area contributed by atoms with E-state index < -0.39 is 11.9 Å². The Morgan fingerprint density at radius 3 is 2.04 bits per heavy atom. The molecule has 2 amide bonds. The fourth-order valence-corrected chi connectivity index (χ4v) is 8.11. The maximum atomic E-state index is 13.0. The van der Waals surface area contributed by atoms with E-state index in [2.05, 4.69) is 11.8 Å². The lowest BCUT2D eigenvalue weighted by molar-refractivity contribution is -0.277. The minimum absolute atomic E-state index is 0.0227. The predicted octanol–water partition coefficient (Wildman–Crippen LogP) is 8.07. The third-order valence-electron chi connectivity index (χ3n) is 11.3. The van der Waals surface area contributed by atoms with Crippen molar-refractivity contribution in [2.75, 3.05) is 19.6 Å². The lowest BCUT2D eigenvalue weighted by Gasteiger charge is -2.45. The number of rotatable bonds is 9. The summed E-state index contributed by atoms with van der Waals surface area (Å²) < 4.78 is 13.5. The van der Waals surface area contributed by atoms with E-state index in [0.717, 1.165) is 52.0 Å². The monoisotopic (exact) mass is 742 g/mol. The highest BCUT2D eigenvalue weighted by molar-refractivity contribution is 6.30. The molecular weight excluding hydrogens is 700 g/mol. The van der Waals surface area contributed by atoms with Crippen LogP contribution in [0.4, 0.5) is 0 Å². The van der Waals surface area contributed by atoms with Crippen molar-refractivity contribution < 1.29 is 29.3 Å². The average Bonchev–Trinajstić information content (AvgIpc) is 3.44. The van der Waals surface area contributed by atoms with Gasteiger partial charge in [0.1, 0.15) is 0 Å². The molecule has 3 aliphatic rings. The zero-order chi connectivity index (χ0) is 37.4. The Bertz CT molecular complexity index is 2090. The van der Waals surface area contributed by atoms with Crippen molar-refractivity contribution >= 4 is 23.4 Å². The fourth-order valence-electron chi connectivity index (χ4n) is 7.98. The molecule has 8 rings (SSSR count). The van der Waals surface area contributed by atoms with Gasteiger partial charge in [0.15, 0.2) is 6.29 Å². The second kappa shape index (κ2) is 15.2. The highest BCUT2D eigenvalue weighted by Crippen LogP contribution is 2.43. The fraction of sp³-hybridized carbons (Fsp3) is 0.289. The standard InChI is InChI=1S/C45H43ClN2O6/c1-29-40(27-47-23-21-45(52,22-24-47)36-17-19-37(46)20-18-36)53-44(54-41(29)33-11-9-30(28-49)10-12-33)34-15-13-32(14-16-34)35-6-4-5-31(25-35)26-48-42(50)38-7-2-3-8-39(38)43(48)51/h2-20,25,29,40-41,44,49,52H,21-24,26-28H2,1H3/t29-,40+,41+,44+/m0/s1. The summed E-state index contributed by atoms with van der Waals surface area (Å²) in [7, 11) is 0. The summed E-state index contributed by atoms with van der Waals surface area (Å²) in [6.45, 7) is 4.49. The summed E-state index contributed by atoms with van der Waals surface area (Å²) in [5.74, 6) is -0.511. The van der Waals surface area contributed by atoms with E-state index in [9.17, 15) is 19.8 Å². The van der Waals surface area contributed by atoms with Crippen LogP contribution in [0.25, 0.3) is 11.1 Å². The van der Waals surface area contributed by atoms with E-state index in [4.69, 9.17) is 21.1 Å². The average molecular weight is 743 g/mol. The molecule has 8 nitrogen and oxygen atoms in total. The number of likely N-dealkylation sites (tertiary alicyclic amines) is 1. The Morgan fingerprint density at radius 1 is 0.741 bits per heavy atom. The first-order valence-electron chi connectivity index (χ1n) is 18.5. The van der Waals surface area contributed by atoms with Crippen molar-refractivity contribution in [1.29, 1.82) is 0 Å². The number of nitrogens with zero attached hydrogens (tertiary/aromatic N) is 2. The van der Waals surface area contributed by atoms with Gasteiger partial charge in [0, 0.05) is 36.1 Å². The summed E-state index contributed by atoms with van der Waals surface area (Å²) in [4.78, 5) is 29.7. The first-order chi connectivity index (χ1) is 26.2. The molecule has 0 aromatic heterocycles. The Balaban J connectivity index is 0.987. The van der Waals surface area contributed by atoms with Gasteiger partial charge in [0.05, 0.1) is 42.1 Å². The number of amides is 2. The van der Waals surface area contributed by atoms with E-state index in [-0.39, 0.29) is 43.1 Å². The number of carbonyl (C=O) groups is 2. The van der Waals surface area contributed by atoms with Crippen LogP contribution >= 0.6 is 11.6 Å². The van der Waals surface area contributed by atoms with Crippen molar-refractivity contribution in [2.24, 2.45) is 5.92 Å².